The molecule has 1 aromatic heterocycles. The number of aryl methyl sites for hydroxylation is 2. The van der Waals surface area contributed by atoms with Crippen molar-refractivity contribution in [3.63, 3.8) is 0 Å². The zero-order chi connectivity index (χ0) is 14.7. The third-order valence-corrected chi connectivity index (χ3v) is 4.45. The Morgan fingerprint density at radius 1 is 1.45 bits per heavy atom. The molecule has 0 bridgehead atoms. The van der Waals surface area contributed by atoms with Gasteiger partial charge in [0.25, 0.3) is 0 Å². The van der Waals surface area contributed by atoms with Gasteiger partial charge in [0.15, 0.2) is 5.13 Å². The number of anilines is 1. The molecule has 0 aromatic carbocycles. The van der Waals surface area contributed by atoms with E-state index in [2.05, 4.69) is 10.3 Å². The summed E-state index contributed by atoms with van der Waals surface area (Å²) in [5.41, 5.74) is 1.10. The lowest BCUT2D eigenvalue weighted by Crippen LogP contribution is -2.36. The summed E-state index contributed by atoms with van der Waals surface area (Å²) < 4.78 is 0. The number of carbonyl (C=O) groups excluding carboxylic acids is 1. The maximum atomic E-state index is 12.0. The normalized spacial score (nSPS) is 15.3. The van der Waals surface area contributed by atoms with E-state index < -0.39 is 11.9 Å². The standard InChI is InChI=1S/C13H19N3O3S/c1-8(11(17)18)7-16(2)13(19)15-12-14-9-5-3-4-6-10(9)20-12/h8H,3-7H2,1-2H3,(H,17,18)(H,14,15,19). The number of urea groups is 1. The van der Waals surface area contributed by atoms with Crippen molar-refractivity contribution in [3.8, 4) is 0 Å². The summed E-state index contributed by atoms with van der Waals surface area (Å²) >= 11 is 1.52. The van der Waals surface area contributed by atoms with E-state index in [0.717, 1.165) is 25.0 Å². The van der Waals surface area contributed by atoms with Crippen molar-refractivity contribution >= 4 is 28.5 Å². The molecule has 0 spiro atoms. The lowest BCUT2D eigenvalue weighted by molar-refractivity contribution is -0.141. The highest BCUT2D eigenvalue weighted by Gasteiger charge is 2.20. The predicted molar refractivity (Wildman–Crippen MR) is 77.2 cm³/mol. The van der Waals surface area contributed by atoms with Gasteiger partial charge < -0.3 is 10.0 Å². The summed E-state index contributed by atoms with van der Waals surface area (Å²) in [5, 5.41) is 12.2. The van der Waals surface area contributed by atoms with E-state index in [0.29, 0.717) is 5.13 Å². The second kappa shape index (κ2) is 6.21. The molecule has 20 heavy (non-hydrogen) atoms. The first-order valence-electron chi connectivity index (χ1n) is 6.71. The number of hydrogen-bond acceptors (Lipinski definition) is 4. The van der Waals surface area contributed by atoms with Crippen molar-refractivity contribution in [2.24, 2.45) is 5.92 Å². The van der Waals surface area contributed by atoms with Crippen LogP contribution in [0.3, 0.4) is 0 Å². The number of nitrogens with zero attached hydrogens (tertiary/aromatic N) is 2. The van der Waals surface area contributed by atoms with Crippen LogP contribution < -0.4 is 5.32 Å². The molecule has 110 valence electrons. The number of aliphatic carboxylic acids is 1. The molecular formula is C13H19N3O3S. The van der Waals surface area contributed by atoms with E-state index in [1.807, 2.05) is 0 Å². The summed E-state index contributed by atoms with van der Waals surface area (Å²) in [4.78, 5) is 29.8. The van der Waals surface area contributed by atoms with Gasteiger partial charge in [-0.2, -0.15) is 0 Å². The zero-order valence-electron chi connectivity index (χ0n) is 11.7. The predicted octanol–water partition coefficient (Wildman–Crippen LogP) is 2.21. The quantitative estimate of drug-likeness (QED) is 0.892. The minimum Gasteiger partial charge on any atom is -0.481 e. The second-order valence-electron chi connectivity index (χ2n) is 5.15. The van der Waals surface area contributed by atoms with Crippen molar-refractivity contribution in [2.45, 2.75) is 32.6 Å². The molecule has 2 amide bonds. The maximum absolute atomic E-state index is 12.0. The van der Waals surface area contributed by atoms with Crippen LogP contribution in [0.25, 0.3) is 0 Å². The van der Waals surface area contributed by atoms with Gasteiger partial charge in [0, 0.05) is 18.5 Å². The maximum Gasteiger partial charge on any atom is 0.323 e. The molecule has 1 aliphatic carbocycles. The van der Waals surface area contributed by atoms with Crippen LogP contribution >= 0.6 is 11.3 Å². The first-order chi connectivity index (χ1) is 9.47. The number of rotatable bonds is 4. The van der Waals surface area contributed by atoms with E-state index in [1.165, 1.54) is 27.5 Å². The summed E-state index contributed by atoms with van der Waals surface area (Å²) in [6.45, 7) is 1.75. The van der Waals surface area contributed by atoms with E-state index in [-0.39, 0.29) is 12.6 Å². The third-order valence-electron chi connectivity index (χ3n) is 3.38. The summed E-state index contributed by atoms with van der Waals surface area (Å²) in [7, 11) is 1.59. The molecule has 0 fully saturated rings. The number of thiazole rings is 1. The van der Waals surface area contributed by atoms with E-state index in [9.17, 15) is 9.59 Å². The minimum atomic E-state index is -0.908. The fourth-order valence-electron chi connectivity index (χ4n) is 2.16. The highest BCUT2D eigenvalue weighted by atomic mass is 32.1. The molecule has 1 aliphatic rings. The second-order valence-corrected chi connectivity index (χ2v) is 6.23. The van der Waals surface area contributed by atoms with Gasteiger partial charge in [-0.3, -0.25) is 10.1 Å². The number of aromatic nitrogens is 1. The van der Waals surface area contributed by atoms with Crippen LogP contribution in [0.15, 0.2) is 0 Å². The fourth-order valence-corrected chi connectivity index (χ4v) is 3.20. The topological polar surface area (TPSA) is 82.5 Å². The minimum absolute atomic E-state index is 0.173. The number of carboxylic acids is 1. The van der Waals surface area contributed by atoms with Crippen molar-refractivity contribution < 1.29 is 14.7 Å². The largest absolute Gasteiger partial charge is 0.481 e. The highest BCUT2D eigenvalue weighted by Crippen LogP contribution is 2.29. The molecule has 0 radical (unpaired) electrons. The van der Waals surface area contributed by atoms with Crippen LogP contribution in [-0.2, 0) is 17.6 Å². The van der Waals surface area contributed by atoms with Crippen molar-refractivity contribution in [3.05, 3.63) is 10.6 Å². The molecule has 1 atom stereocenters. The lowest BCUT2D eigenvalue weighted by Gasteiger charge is -2.19. The molecule has 1 heterocycles. The molecule has 2 N–H and O–H groups in total. The van der Waals surface area contributed by atoms with Crippen molar-refractivity contribution in [1.82, 2.24) is 9.88 Å². The summed E-state index contributed by atoms with van der Waals surface area (Å²) in [6.07, 6.45) is 4.35. The molecule has 0 aliphatic heterocycles. The zero-order valence-corrected chi connectivity index (χ0v) is 12.5. The Kier molecular flexibility index (Phi) is 4.59. The van der Waals surface area contributed by atoms with Crippen LogP contribution in [0.1, 0.15) is 30.3 Å². The Bertz CT molecular complexity index is 491. The van der Waals surface area contributed by atoms with Crippen molar-refractivity contribution in [2.75, 3.05) is 18.9 Å². The molecule has 0 saturated carbocycles. The van der Waals surface area contributed by atoms with Crippen LogP contribution in [0, 0.1) is 5.92 Å². The Hall–Kier alpha value is -1.63. The molecule has 6 nitrogen and oxygen atoms in total. The Morgan fingerprint density at radius 2 is 2.15 bits per heavy atom. The number of carboxylic acid groups (broad SMARTS) is 1. The molecule has 7 heteroatoms. The van der Waals surface area contributed by atoms with Gasteiger partial charge in [0.1, 0.15) is 0 Å². The average molecular weight is 297 g/mol. The van der Waals surface area contributed by atoms with Crippen LogP contribution in [0.2, 0.25) is 0 Å². The Morgan fingerprint density at radius 3 is 2.80 bits per heavy atom. The Balaban J connectivity index is 1.93. The van der Waals surface area contributed by atoms with Crippen molar-refractivity contribution in [1.29, 1.82) is 0 Å². The number of hydrogen-bond donors (Lipinski definition) is 2. The van der Waals surface area contributed by atoms with Gasteiger partial charge in [-0.05, 0) is 25.7 Å². The van der Waals surface area contributed by atoms with Crippen LogP contribution in [0.5, 0.6) is 0 Å². The monoisotopic (exact) mass is 297 g/mol. The fraction of sp³-hybridized carbons (Fsp3) is 0.615. The van der Waals surface area contributed by atoms with Gasteiger partial charge in [0.05, 0.1) is 11.6 Å². The van der Waals surface area contributed by atoms with Gasteiger partial charge in [-0.25, -0.2) is 9.78 Å². The lowest BCUT2D eigenvalue weighted by atomic mass is 10.0. The number of carbonyl (C=O) groups is 2. The molecule has 2 rings (SSSR count). The number of nitrogens with one attached hydrogen (secondary N) is 1. The molecular weight excluding hydrogens is 278 g/mol. The van der Waals surface area contributed by atoms with E-state index in [1.54, 1.807) is 14.0 Å². The Labute approximate surface area is 121 Å². The summed E-state index contributed by atoms with van der Waals surface area (Å²) in [6, 6.07) is -0.316. The van der Waals surface area contributed by atoms with Gasteiger partial charge in [-0.1, -0.05) is 6.92 Å². The van der Waals surface area contributed by atoms with E-state index >= 15 is 0 Å². The van der Waals surface area contributed by atoms with Crippen LogP contribution in [-0.4, -0.2) is 40.6 Å². The van der Waals surface area contributed by atoms with Gasteiger partial charge in [0.2, 0.25) is 0 Å². The van der Waals surface area contributed by atoms with E-state index in [4.69, 9.17) is 5.11 Å². The number of amides is 2. The first kappa shape index (κ1) is 14.8. The smallest absolute Gasteiger partial charge is 0.323 e. The number of fused-ring (bicyclic) bond motifs is 1. The van der Waals surface area contributed by atoms with Gasteiger partial charge in [-0.15, -0.1) is 11.3 Å². The molecule has 1 unspecified atom stereocenters. The first-order valence-corrected chi connectivity index (χ1v) is 7.52. The third kappa shape index (κ3) is 3.47. The van der Waals surface area contributed by atoms with Crippen LogP contribution in [0.4, 0.5) is 9.93 Å². The van der Waals surface area contributed by atoms with Gasteiger partial charge >= 0.3 is 12.0 Å². The SMILES string of the molecule is CC(CN(C)C(=O)Nc1nc2c(s1)CCCC2)C(=O)O. The summed E-state index contributed by atoms with van der Waals surface area (Å²) in [5.74, 6) is -1.50. The highest BCUT2D eigenvalue weighted by molar-refractivity contribution is 7.15. The average Bonchev–Trinajstić information content (AvgIpc) is 2.80. The molecule has 0 saturated heterocycles. The molecule has 1 aromatic rings.